The Balaban J connectivity index is 1.40. The molecule has 2 aromatic rings. The summed E-state index contributed by atoms with van der Waals surface area (Å²) in [6.45, 7) is 2.32. The molecule has 2 N–H and O–H groups in total. The van der Waals surface area contributed by atoms with Gasteiger partial charge in [0.1, 0.15) is 17.1 Å². The predicted molar refractivity (Wildman–Crippen MR) is 103 cm³/mol. The van der Waals surface area contributed by atoms with E-state index in [2.05, 4.69) is 4.90 Å². The molecule has 0 aromatic heterocycles. The van der Waals surface area contributed by atoms with Crippen LogP contribution in [0.4, 0.5) is 0 Å². The Morgan fingerprint density at radius 1 is 1.19 bits per heavy atom. The lowest BCUT2D eigenvalue weighted by Gasteiger charge is -2.46. The third-order valence-corrected chi connectivity index (χ3v) is 5.85. The van der Waals surface area contributed by atoms with Gasteiger partial charge in [-0.05, 0) is 36.6 Å². The molecule has 0 unspecified atom stereocenters. The Hall–Kier alpha value is -2.08. The summed E-state index contributed by atoms with van der Waals surface area (Å²) in [5.41, 5.74) is 1.43. The van der Waals surface area contributed by atoms with Crippen molar-refractivity contribution in [2.24, 2.45) is 0 Å². The first kappa shape index (κ1) is 18.3. The molecule has 0 bridgehead atoms. The van der Waals surface area contributed by atoms with E-state index < -0.39 is 12.2 Å². The normalized spacial score (nSPS) is 22.7. The van der Waals surface area contributed by atoms with E-state index in [0.717, 1.165) is 48.6 Å². The van der Waals surface area contributed by atoms with Gasteiger partial charge in [0, 0.05) is 31.6 Å². The molecule has 1 spiro atoms. The summed E-state index contributed by atoms with van der Waals surface area (Å²) in [7, 11) is 1.62. The molecule has 5 nitrogen and oxygen atoms in total. The lowest BCUT2D eigenvalue weighted by molar-refractivity contribution is -0.0588. The van der Waals surface area contributed by atoms with E-state index in [1.165, 1.54) is 0 Å². The van der Waals surface area contributed by atoms with Gasteiger partial charge in [-0.15, -0.1) is 0 Å². The number of hydrogen-bond acceptors (Lipinski definition) is 5. The third kappa shape index (κ3) is 3.81. The summed E-state index contributed by atoms with van der Waals surface area (Å²) in [6, 6.07) is 15.4. The fourth-order valence-electron chi connectivity index (χ4n) is 4.22. The van der Waals surface area contributed by atoms with Crippen molar-refractivity contribution in [3.8, 4) is 11.5 Å². The van der Waals surface area contributed by atoms with Crippen LogP contribution in [-0.2, 0) is 0 Å². The smallest absolute Gasteiger partial charge is 0.126 e. The summed E-state index contributed by atoms with van der Waals surface area (Å²) in [4.78, 5) is 2.28. The lowest BCUT2D eigenvalue weighted by Crippen LogP contribution is -2.51. The molecular formula is C22H27NO4. The predicted octanol–water partition coefficient (Wildman–Crippen LogP) is 3.08. The Morgan fingerprint density at radius 2 is 1.93 bits per heavy atom. The van der Waals surface area contributed by atoms with Gasteiger partial charge in [0.05, 0.1) is 19.3 Å². The van der Waals surface area contributed by atoms with E-state index >= 15 is 0 Å². The maximum absolute atomic E-state index is 10.7. The van der Waals surface area contributed by atoms with E-state index in [1.54, 1.807) is 7.11 Å². The number of rotatable bonds is 4. The van der Waals surface area contributed by atoms with Crippen LogP contribution >= 0.6 is 0 Å². The monoisotopic (exact) mass is 369 g/mol. The molecule has 2 aliphatic rings. The van der Waals surface area contributed by atoms with Crippen LogP contribution in [0.2, 0.25) is 0 Å². The number of aliphatic hydroxyl groups is 2. The largest absolute Gasteiger partial charge is 0.497 e. The van der Waals surface area contributed by atoms with Crippen molar-refractivity contribution in [2.75, 3.05) is 26.7 Å². The van der Waals surface area contributed by atoms with Crippen molar-refractivity contribution in [1.82, 2.24) is 4.90 Å². The van der Waals surface area contributed by atoms with Crippen LogP contribution in [-0.4, -0.2) is 47.5 Å². The van der Waals surface area contributed by atoms with Crippen LogP contribution in [0.5, 0.6) is 11.5 Å². The first-order chi connectivity index (χ1) is 13.1. The van der Waals surface area contributed by atoms with Crippen molar-refractivity contribution < 1.29 is 19.7 Å². The Labute approximate surface area is 160 Å². The Bertz CT molecular complexity index is 771. The van der Waals surface area contributed by atoms with E-state index in [0.29, 0.717) is 13.0 Å². The van der Waals surface area contributed by atoms with Gasteiger partial charge < -0.3 is 24.6 Å². The molecular weight excluding hydrogens is 342 g/mol. The van der Waals surface area contributed by atoms with Crippen molar-refractivity contribution in [2.45, 2.75) is 37.1 Å². The van der Waals surface area contributed by atoms with Gasteiger partial charge in [-0.1, -0.05) is 30.3 Å². The molecule has 1 saturated heterocycles. The second kappa shape index (κ2) is 7.50. The average molecular weight is 369 g/mol. The number of hydrogen-bond donors (Lipinski definition) is 2. The highest BCUT2D eigenvalue weighted by molar-refractivity contribution is 5.43. The zero-order valence-corrected chi connectivity index (χ0v) is 15.7. The highest BCUT2D eigenvalue weighted by Crippen LogP contribution is 2.45. The van der Waals surface area contributed by atoms with Crippen LogP contribution < -0.4 is 9.47 Å². The standard InChI is InChI=1S/C22H27NO4/c1-26-17-7-8-21-18(13-17)19(24)14-22(27-21)9-11-23(12-10-22)15-20(25)16-5-3-2-4-6-16/h2-8,13,19-20,24-25H,9-12,14-15H2,1H3/t19-,20+/m0/s1. The minimum atomic E-state index is -0.537. The maximum Gasteiger partial charge on any atom is 0.126 e. The van der Waals surface area contributed by atoms with E-state index in [4.69, 9.17) is 9.47 Å². The molecule has 1 fully saturated rings. The number of fused-ring (bicyclic) bond motifs is 1. The fraction of sp³-hybridized carbons (Fsp3) is 0.455. The van der Waals surface area contributed by atoms with E-state index in [1.807, 2.05) is 48.5 Å². The van der Waals surface area contributed by atoms with Gasteiger partial charge in [0.15, 0.2) is 0 Å². The number of benzene rings is 2. The van der Waals surface area contributed by atoms with Crippen molar-refractivity contribution in [3.05, 3.63) is 59.7 Å². The Morgan fingerprint density at radius 3 is 2.63 bits per heavy atom. The summed E-state index contributed by atoms with van der Waals surface area (Å²) in [5, 5.41) is 21.1. The number of nitrogens with zero attached hydrogens (tertiary/aromatic N) is 1. The molecule has 2 atom stereocenters. The van der Waals surface area contributed by atoms with Crippen molar-refractivity contribution in [3.63, 3.8) is 0 Å². The molecule has 2 aliphatic heterocycles. The Kier molecular flexibility index (Phi) is 5.08. The molecule has 5 heteroatoms. The average Bonchev–Trinajstić information content (AvgIpc) is 2.70. The van der Waals surface area contributed by atoms with Gasteiger partial charge in [-0.2, -0.15) is 0 Å². The zero-order valence-electron chi connectivity index (χ0n) is 15.7. The summed E-state index contributed by atoms with van der Waals surface area (Å²) in [6.07, 6.45) is 1.27. The first-order valence-electron chi connectivity index (χ1n) is 9.59. The minimum absolute atomic E-state index is 0.324. The summed E-state index contributed by atoms with van der Waals surface area (Å²) >= 11 is 0. The SMILES string of the molecule is COc1ccc2c(c1)[C@@H](O)CC1(CCN(C[C@@H](O)c3ccccc3)CC1)O2. The van der Waals surface area contributed by atoms with Gasteiger partial charge in [0.25, 0.3) is 0 Å². The number of likely N-dealkylation sites (tertiary alicyclic amines) is 1. The van der Waals surface area contributed by atoms with Gasteiger partial charge in [-0.25, -0.2) is 0 Å². The van der Waals surface area contributed by atoms with Crippen LogP contribution in [0.1, 0.15) is 42.6 Å². The molecule has 144 valence electrons. The van der Waals surface area contributed by atoms with Gasteiger partial charge >= 0.3 is 0 Å². The highest BCUT2D eigenvalue weighted by atomic mass is 16.5. The van der Waals surface area contributed by atoms with Crippen LogP contribution in [0, 0.1) is 0 Å². The van der Waals surface area contributed by atoms with Crippen molar-refractivity contribution >= 4 is 0 Å². The quantitative estimate of drug-likeness (QED) is 0.867. The van der Waals surface area contributed by atoms with Gasteiger partial charge in [0.2, 0.25) is 0 Å². The molecule has 27 heavy (non-hydrogen) atoms. The van der Waals surface area contributed by atoms with Crippen LogP contribution in [0.25, 0.3) is 0 Å². The number of aliphatic hydroxyl groups excluding tert-OH is 2. The molecule has 4 rings (SSSR count). The fourth-order valence-corrected chi connectivity index (χ4v) is 4.22. The lowest BCUT2D eigenvalue weighted by atomic mass is 9.81. The minimum Gasteiger partial charge on any atom is -0.497 e. The van der Waals surface area contributed by atoms with Crippen molar-refractivity contribution in [1.29, 1.82) is 0 Å². The third-order valence-electron chi connectivity index (χ3n) is 5.85. The first-order valence-corrected chi connectivity index (χ1v) is 9.59. The molecule has 0 saturated carbocycles. The molecule has 2 aromatic carbocycles. The number of ether oxygens (including phenoxy) is 2. The second-order valence-corrected chi connectivity index (χ2v) is 7.64. The van der Waals surface area contributed by atoms with E-state index in [9.17, 15) is 10.2 Å². The summed E-state index contributed by atoms with van der Waals surface area (Å²) < 4.78 is 11.6. The van der Waals surface area contributed by atoms with Crippen LogP contribution in [0.15, 0.2) is 48.5 Å². The van der Waals surface area contributed by atoms with Gasteiger partial charge in [-0.3, -0.25) is 0 Å². The second-order valence-electron chi connectivity index (χ2n) is 7.64. The van der Waals surface area contributed by atoms with E-state index in [-0.39, 0.29) is 5.60 Å². The van der Waals surface area contributed by atoms with Crippen LogP contribution in [0.3, 0.4) is 0 Å². The molecule has 2 heterocycles. The number of piperidine rings is 1. The number of β-amino-alcohol motifs (C(OH)–C–C–N with tert-alkyl or cyclic N) is 1. The highest BCUT2D eigenvalue weighted by Gasteiger charge is 2.43. The topological polar surface area (TPSA) is 62.2 Å². The number of methoxy groups -OCH3 is 1. The summed E-state index contributed by atoms with van der Waals surface area (Å²) in [5.74, 6) is 1.49. The molecule has 0 aliphatic carbocycles. The maximum atomic E-state index is 10.7. The molecule has 0 amide bonds. The zero-order chi connectivity index (χ0) is 18.9. The molecule has 0 radical (unpaired) electrons.